The van der Waals surface area contributed by atoms with E-state index >= 15 is 0 Å². The van der Waals surface area contributed by atoms with Crippen LogP contribution < -0.4 is 0 Å². The monoisotopic (exact) mass is 761 g/mol. The van der Waals surface area contributed by atoms with Gasteiger partial charge in [0.1, 0.15) is 0 Å². The van der Waals surface area contributed by atoms with Gasteiger partial charge in [0.15, 0.2) is 17.5 Å². The Morgan fingerprint density at radius 3 is 1.61 bits per heavy atom. The van der Waals surface area contributed by atoms with Gasteiger partial charge in [0, 0.05) is 46.7 Å². The minimum absolute atomic E-state index is 0.374. The van der Waals surface area contributed by atoms with Gasteiger partial charge in [-0.2, -0.15) is 0 Å². The van der Waals surface area contributed by atoms with Crippen molar-refractivity contribution in [3.05, 3.63) is 210 Å². The first-order valence-electron chi connectivity index (χ1n) is 19.2. The summed E-state index contributed by atoms with van der Waals surface area (Å²) in [6, 6.07) is 67.9. The van der Waals surface area contributed by atoms with Crippen molar-refractivity contribution in [3.63, 3.8) is 0 Å². The van der Waals surface area contributed by atoms with Crippen molar-refractivity contribution >= 4 is 43.3 Å². The standard InChI is InChI=1S/C52H31N3S2/c1-2-12-33(13-3-1)49-53-50(55-51(54-49)36-26-28-40-39-16-6-10-20-45(39)56-47(40)31-36)34-24-22-32(23-25-34)35-27-29-44-48(30-35)57-46-21-11-9-19-43(46)52(44)41-17-7-4-14-37(41)38-15-5-8-18-42(38)52/h1-31H. The van der Waals surface area contributed by atoms with E-state index in [0.717, 1.165) is 22.3 Å². The third-order valence-corrected chi connectivity index (χ3v) is 13.9. The lowest BCUT2D eigenvalue weighted by molar-refractivity contribution is 0.722. The Kier molecular flexibility index (Phi) is 7.25. The molecule has 2 aromatic heterocycles. The molecule has 5 heteroatoms. The topological polar surface area (TPSA) is 38.7 Å². The van der Waals surface area contributed by atoms with Crippen LogP contribution in [0.25, 0.3) is 76.6 Å². The van der Waals surface area contributed by atoms with Crippen molar-refractivity contribution in [1.29, 1.82) is 0 Å². The molecular weight excluding hydrogens is 731 g/mol. The Morgan fingerprint density at radius 1 is 0.333 bits per heavy atom. The molecule has 0 bridgehead atoms. The summed E-state index contributed by atoms with van der Waals surface area (Å²) in [5.74, 6) is 1.98. The van der Waals surface area contributed by atoms with E-state index in [1.54, 1.807) is 11.3 Å². The van der Waals surface area contributed by atoms with Gasteiger partial charge in [0.2, 0.25) is 0 Å². The summed E-state index contributed by atoms with van der Waals surface area (Å²) in [5, 5.41) is 2.53. The lowest BCUT2D eigenvalue weighted by Gasteiger charge is -2.39. The summed E-state index contributed by atoms with van der Waals surface area (Å²) >= 11 is 3.68. The maximum absolute atomic E-state index is 5.10. The predicted octanol–water partition coefficient (Wildman–Crippen LogP) is 13.7. The van der Waals surface area contributed by atoms with Gasteiger partial charge >= 0.3 is 0 Å². The molecule has 266 valence electrons. The first-order valence-corrected chi connectivity index (χ1v) is 20.8. The lowest BCUT2D eigenvalue weighted by Crippen LogP contribution is -2.31. The summed E-state index contributed by atoms with van der Waals surface area (Å²) in [5.41, 5.74) is 12.9. The van der Waals surface area contributed by atoms with Gasteiger partial charge in [-0.3, -0.25) is 0 Å². The smallest absolute Gasteiger partial charge is 0.164 e. The summed E-state index contributed by atoms with van der Waals surface area (Å²) in [6.45, 7) is 0. The molecule has 0 saturated carbocycles. The van der Waals surface area contributed by atoms with Crippen molar-refractivity contribution in [3.8, 4) is 56.4 Å². The maximum atomic E-state index is 5.10. The fourth-order valence-corrected chi connectivity index (χ4v) is 11.4. The number of hydrogen-bond acceptors (Lipinski definition) is 5. The molecule has 1 aliphatic heterocycles. The van der Waals surface area contributed by atoms with E-state index in [9.17, 15) is 0 Å². The van der Waals surface area contributed by atoms with Crippen LogP contribution in [0, 0.1) is 0 Å². The van der Waals surface area contributed by atoms with Crippen molar-refractivity contribution in [2.75, 3.05) is 0 Å². The summed E-state index contributed by atoms with van der Waals surface area (Å²) in [4.78, 5) is 17.7. The number of nitrogens with zero attached hydrogens (tertiary/aromatic N) is 3. The number of benzene rings is 8. The molecule has 0 saturated heterocycles. The van der Waals surface area contributed by atoms with Crippen LogP contribution in [0.1, 0.15) is 22.3 Å². The van der Waals surface area contributed by atoms with Gasteiger partial charge in [0.05, 0.1) is 5.41 Å². The van der Waals surface area contributed by atoms with Crippen LogP contribution >= 0.6 is 23.1 Å². The third kappa shape index (κ3) is 4.96. The molecule has 3 nitrogen and oxygen atoms in total. The molecule has 0 radical (unpaired) electrons. The number of rotatable bonds is 4. The van der Waals surface area contributed by atoms with Crippen molar-refractivity contribution in [1.82, 2.24) is 15.0 Å². The second-order valence-corrected chi connectivity index (χ2v) is 16.9. The molecule has 0 fully saturated rings. The summed E-state index contributed by atoms with van der Waals surface area (Å²) in [7, 11) is 0. The molecule has 0 amide bonds. The lowest BCUT2D eigenvalue weighted by atomic mass is 9.67. The van der Waals surface area contributed by atoms with E-state index in [1.807, 2.05) is 30.0 Å². The van der Waals surface area contributed by atoms with Crippen LogP contribution in [0.4, 0.5) is 0 Å². The Morgan fingerprint density at radius 2 is 0.860 bits per heavy atom. The van der Waals surface area contributed by atoms with Gasteiger partial charge < -0.3 is 0 Å². The van der Waals surface area contributed by atoms with E-state index < -0.39 is 0 Å². The Hall–Kier alpha value is -6.66. The van der Waals surface area contributed by atoms with E-state index in [-0.39, 0.29) is 5.41 Å². The van der Waals surface area contributed by atoms with E-state index in [4.69, 9.17) is 15.0 Å². The molecule has 1 spiro atoms. The second kappa shape index (κ2) is 12.7. The summed E-state index contributed by atoms with van der Waals surface area (Å²) < 4.78 is 2.50. The number of hydrogen-bond donors (Lipinski definition) is 0. The zero-order valence-electron chi connectivity index (χ0n) is 30.6. The van der Waals surface area contributed by atoms with Crippen LogP contribution in [0.15, 0.2) is 198 Å². The van der Waals surface area contributed by atoms with Crippen LogP contribution in [-0.4, -0.2) is 15.0 Å². The maximum Gasteiger partial charge on any atom is 0.164 e. The highest BCUT2D eigenvalue weighted by molar-refractivity contribution is 7.99. The minimum Gasteiger partial charge on any atom is -0.208 e. The van der Waals surface area contributed by atoms with Crippen LogP contribution in [0.2, 0.25) is 0 Å². The molecule has 3 heterocycles. The molecule has 10 aromatic rings. The van der Waals surface area contributed by atoms with E-state index in [2.05, 4.69) is 170 Å². The number of thiophene rings is 1. The zero-order valence-corrected chi connectivity index (χ0v) is 32.2. The fraction of sp³-hybridized carbons (Fsp3) is 0.0192. The summed E-state index contributed by atoms with van der Waals surface area (Å²) in [6.07, 6.45) is 0. The van der Waals surface area contributed by atoms with Gasteiger partial charge in [-0.15, -0.1) is 11.3 Å². The second-order valence-electron chi connectivity index (χ2n) is 14.7. The van der Waals surface area contributed by atoms with Gasteiger partial charge in [0.25, 0.3) is 0 Å². The third-order valence-electron chi connectivity index (χ3n) is 11.6. The number of aromatic nitrogens is 3. The normalized spacial score (nSPS) is 13.3. The van der Waals surface area contributed by atoms with Gasteiger partial charge in [-0.05, 0) is 68.8 Å². The van der Waals surface area contributed by atoms with E-state index in [1.165, 1.54) is 68.9 Å². The van der Waals surface area contributed by atoms with Crippen molar-refractivity contribution < 1.29 is 0 Å². The Balaban J connectivity index is 0.953. The van der Waals surface area contributed by atoms with Crippen LogP contribution in [-0.2, 0) is 5.41 Å². The van der Waals surface area contributed by atoms with E-state index in [0.29, 0.717) is 17.5 Å². The van der Waals surface area contributed by atoms with Crippen molar-refractivity contribution in [2.45, 2.75) is 15.2 Å². The predicted molar refractivity (Wildman–Crippen MR) is 236 cm³/mol. The average molecular weight is 762 g/mol. The molecule has 0 N–H and O–H groups in total. The Labute approximate surface area is 338 Å². The first-order chi connectivity index (χ1) is 28.2. The van der Waals surface area contributed by atoms with Gasteiger partial charge in [-0.25, -0.2) is 15.0 Å². The largest absolute Gasteiger partial charge is 0.208 e. The highest BCUT2D eigenvalue weighted by atomic mass is 32.2. The quantitative estimate of drug-likeness (QED) is 0.179. The molecule has 0 unspecified atom stereocenters. The number of fused-ring (bicyclic) bond motifs is 12. The van der Waals surface area contributed by atoms with Crippen LogP contribution in [0.3, 0.4) is 0 Å². The first kappa shape index (κ1) is 32.6. The average Bonchev–Trinajstić information content (AvgIpc) is 3.80. The molecule has 1 aliphatic carbocycles. The minimum atomic E-state index is -0.374. The highest BCUT2D eigenvalue weighted by Crippen LogP contribution is 2.62. The SMILES string of the molecule is c1ccc(-c2nc(-c3ccc(-c4ccc5c(c4)Sc4ccccc4C54c5ccccc5-c5ccccc54)cc3)nc(-c3ccc4c(c3)sc3ccccc34)n2)cc1. The molecule has 8 aromatic carbocycles. The molecule has 2 aliphatic rings. The fourth-order valence-electron chi connectivity index (χ4n) is 9.07. The van der Waals surface area contributed by atoms with Gasteiger partial charge in [-0.1, -0.05) is 176 Å². The van der Waals surface area contributed by atoms with Crippen molar-refractivity contribution in [2.24, 2.45) is 0 Å². The molecule has 12 rings (SSSR count). The highest BCUT2D eigenvalue weighted by Gasteiger charge is 2.50. The molecule has 0 atom stereocenters. The zero-order chi connectivity index (χ0) is 37.5. The van der Waals surface area contributed by atoms with Crippen LogP contribution in [0.5, 0.6) is 0 Å². The Bertz CT molecular complexity index is 3180. The molecular formula is C52H31N3S2. The molecule has 57 heavy (non-hydrogen) atoms.